The molecular weight excluding hydrogens is 312 g/mol. The van der Waals surface area contributed by atoms with Crippen LogP contribution in [0.2, 0.25) is 0 Å². The van der Waals surface area contributed by atoms with Crippen LogP contribution >= 0.6 is 15.9 Å². The molecule has 2 rings (SSSR count). The highest BCUT2D eigenvalue weighted by atomic mass is 79.9. The van der Waals surface area contributed by atoms with Crippen LogP contribution in [0.4, 0.5) is 11.4 Å². The Hall–Kier alpha value is -1.21. The van der Waals surface area contributed by atoms with Gasteiger partial charge in [0, 0.05) is 19.3 Å². The normalized spacial score (nSPS) is 19.6. The SMILES string of the molecule is CCN1CCC(CNc2c(Br)cncc2[N+](=O)[O-])C1. The zero-order valence-electron chi connectivity index (χ0n) is 10.8. The van der Waals surface area contributed by atoms with Gasteiger partial charge in [-0.1, -0.05) is 6.92 Å². The number of halogens is 1. The van der Waals surface area contributed by atoms with E-state index >= 15 is 0 Å². The fourth-order valence-corrected chi connectivity index (χ4v) is 2.81. The molecule has 1 aliphatic rings. The number of hydrogen-bond donors (Lipinski definition) is 1. The van der Waals surface area contributed by atoms with E-state index < -0.39 is 4.92 Å². The topological polar surface area (TPSA) is 71.3 Å². The summed E-state index contributed by atoms with van der Waals surface area (Å²) in [6.07, 6.45) is 3.99. The molecule has 0 aromatic carbocycles. The third kappa shape index (κ3) is 3.42. The summed E-state index contributed by atoms with van der Waals surface area (Å²) in [5, 5.41) is 14.2. The average molecular weight is 329 g/mol. The third-order valence-corrected chi connectivity index (χ3v) is 4.06. The molecule has 1 aromatic heterocycles. The van der Waals surface area contributed by atoms with Gasteiger partial charge in [-0.2, -0.15) is 0 Å². The van der Waals surface area contributed by atoms with Crippen LogP contribution < -0.4 is 5.32 Å². The van der Waals surface area contributed by atoms with Gasteiger partial charge in [-0.05, 0) is 41.4 Å². The predicted molar refractivity (Wildman–Crippen MR) is 77.3 cm³/mol. The first-order chi connectivity index (χ1) is 9.11. The molecule has 1 fully saturated rings. The van der Waals surface area contributed by atoms with E-state index in [1.807, 2.05) is 0 Å². The maximum absolute atomic E-state index is 11.0. The van der Waals surface area contributed by atoms with Gasteiger partial charge in [0.1, 0.15) is 11.9 Å². The largest absolute Gasteiger partial charge is 0.378 e. The molecule has 1 unspecified atom stereocenters. The van der Waals surface area contributed by atoms with Crippen molar-refractivity contribution < 1.29 is 4.92 Å². The molecule has 104 valence electrons. The van der Waals surface area contributed by atoms with Gasteiger partial charge in [0.05, 0.1) is 9.40 Å². The molecule has 1 aromatic rings. The maximum Gasteiger partial charge on any atom is 0.311 e. The predicted octanol–water partition coefficient (Wildman–Crippen LogP) is 2.51. The summed E-state index contributed by atoms with van der Waals surface area (Å²) in [4.78, 5) is 16.8. The van der Waals surface area contributed by atoms with Crippen LogP contribution in [0.1, 0.15) is 13.3 Å². The lowest BCUT2D eigenvalue weighted by molar-refractivity contribution is -0.384. The first-order valence-electron chi connectivity index (χ1n) is 6.36. The molecule has 0 bridgehead atoms. The molecule has 1 N–H and O–H groups in total. The minimum atomic E-state index is -0.410. The highest BCUT2D eigenvalue weighted by molar-refractivity contribution is 9.10. The van der Waals surface area contributed by atoms with Crippen molar-refractivity contribution in [2.24, 2.45) is 5.92 Å². The van der Waals surface area contributed by atoms with Crippen molar-refractivity contribution in [1.82, 2.24) is 9.88 Å². The Kier molecular flexibility index (Phi) is 4.71. The van der Waals surface area contributed by atoms with Crippen LogP contribution in [0, 0.1) is 16.0 Å². The third-order valence-electron chi connectivity index (χ3n) is 3.46. The van der Waals surface area contributed by atoms with Gasteiger partial charge in [-0.3, -0.25) is 15.1 Å². The molecule has 0 radical (unpaired) electrons. The van der Waals surface area contributed by atoms with E-state index in [9.17, 15) is 10.1 Å². The van der Waals surface area contributed by atoms with Gasteiger partial charge in [-0.15, -0.1) is 0 Å². The number of anilines is 1. The second-order valence-corrected chi connectivity index (χ2v) is 5.56. The minimum absolute atomic E-state index is 0.0136. The smallest absolute Gasteiger partial charge is 0.311 e. The second kappa shape index (κ2) is 6.29. The molecule has 1 aliphatic heterocycles. The lowest BCUT2D eigenvalue weighted by atomic mass is 10.1. The van der Waals surface area contributed by atoms with Gasteiger partial charge < -0.3 is 10.2 Å². The van der Waals surface area contributed by atoms with E-state index in [-0.39, 0.29) is 5.69 Å². The highest BCUT2D eigenvalue weighted by Gasteiger charge is 2.23. The number of aromatic nitrogens is 1. The van der Waals surface area contributed by atoms with E-state index in [4.69, 9.17) is 0 Å². The van der Waals surface area contributed by atoms with Crippen LogP contribution in [0.3, 0.4) is 0 Å². The lowest BCUT2D eigenvalue weighted by Gasteiger charge is -2.15. The molecule has 1 atom stereocenters. The number of rotatable bonds is 5. The van der Waals surface area contributed by atoms with Crippen molar-refractivity contribution in [1.29, 1.82) is 0 Å². The van der Waals surface area contributed by atoms with Crippen molar-refractivity contribution in [3.05, 3.63) is 27.0 Å². The molecule has 0 amide bonds. The number of nitro groups is 1. The fourth-order valence-electron chi connectivity index (χ4n) is 2.35. The summed E-state index contributed by atoms with van der Waals surface area (Å²) in [5.74, 6) is 0.541. The van der Waals surface area contributed by atoms with Crippen LogP contribution in [0.25, 0.3) is 0 Å². The monoisotopic (exact) mass is 328 g/mol. The zero-order chi connectivity index (χ0) is 13.8. The van der Waals surface area contributed by atoms with Crippen LogP contribution in [-0.2, 0) is 0 Å². The molecule has 0 spiro atoms. The summed E-state index contributed by atoms with van der Waals surface area (Å²) >= 11 is 3.31. The Morgan fingerprint density at radius 1 is 1.63 bits per heavy atom. The van der Waals surface area contributed by atoms with Crippen molar-refractivity contribution in [3.63, 3.8) is 0 Å². The van der Waals surface area contributed by atoms with Crippen LogP contribution in [0.15, 0.2) is 16.9 Å². The van der Waals surface area contributed by atoms with E-state index in [2.05, 4.69) is 38.1 Å². The number of nitrogens with one attached hydrogen (secondary N) is 1. The molecule has 0 saturated carbocycles. The number of likely N-dealkylation sites (tertiary alicyclic amines) is 1. The van der Waals surface area contributed by atoms with E-state index in [0.717, 1.165) is 32.6 Å². The number of nitrogens with zero attached hydrogens (tertiary/aromatic N) is 3. The van der Waals surface area contributed by atoms with Gasteiger partial charge in [0.15, 0.2) is 0 Å². The Labute approximate surface area is 120 Å². The highest BCUT2D eigenvalue weighted by Crippen LogP contribution is 2.31. The maximum atomic E-state index is 11.0. The zero-order valence-corrected chi connectivity index (χ0v) is 12.4. The van der Waals surface area contributed by atoms with Gasteiger partial charge in [0.2, 0.25) is 0 Å². The van der Waals surface area contributed by atoms with Gasteiger partial charge >= 0.3 is 5.69 Å². The molecule has 6 nitrogen and oxygen atoms in total. The summed E-state index contributed by atoms with van der Waals surface area (Å²) < 4.78 is 0.632. The number of hydrogen-bond acceptors (Lipinski definition) is 5. The van der Waals surface area contributed by atoms with Crippen LogP contribution in [0.5, 0.6) is 0 Å². The molecule has 0 aliphatic carbocycles. The van der Waals surface area contributed by atoms with Crippen LogP contribution in [-0.4, -0.2) is 41.0 Å². The molecule has 2 heterocycles. The second-order valence-electron chi connectivity index (χ2n) is 4.70. The Balaban J connectivity index is 2.02. The summed E-state index contributed by atoms with van der Waals surface area (Å²) in [6.45, 7) is 6.14. The molecular formula is C12H17BrN4O2. The Morgan fingerprint density at radius 3 is 3.05 bits per heavy atom. The van der Waals surface area contributed by atoms with Gasteiger partial charge in [0.25, 0.3) is 0 Å². The van der Waals surface area contributed by atoms with E-state index in [1.165, 1.54) is 6.20 Å². The van der Waals surface area contributed by atoms with Gasteiger partial charge in [-0.25, -0.2) is 0 Å². The number of pyridine rings is 1. The summed E-state index contributed by atoms with van der Waals surface area (Å²) in [5.41, 5.74) is 0.537. The first-order valence-corrected chi connectivity index (χ1v) is 7.15. The lowest BCUT2D eigenvalue weighted by Crippen LogP contribution is -2.22. The standard InChI is InChI=1S/C12H17BrN4O2/c1-2-16-4-3-9(8-16)5-15-12-10(13)6-14-7-11(12)17(18)19/h6-7,9H,2-5,8H2,1H3,(H,14,15). The van der Waals surface area contributed by atoms with E-state index in [1.54, 1.807) is 6.20 Å². The summed E-state index contributed by atoms with van der Waals surface area (Å²) in [6, 6.07) is 0. The van der Waals surface area contributed by atoms with Crippen molar-refractivity contribution in [2.75, 3.05) is 31.5 Å². The Bertz CT molecular complexity index is 469. The van der Waals surface area contributed by atoms with E-state index in [0.29, 0.717) is 16.1 Å². The molecule has 1 saturated heterocycles. The van der Waals surface area contributed by atoms with Crippen molar-refractivity contribution in [2.45, 2.75) is 13.3 Å². The fraction of sp³-hybridized carbons (Fsp3) is 0.583. The van der Waals surface area contributed by atoms with Crippen molar-refractivity contribution in [3.8, 4) is 0 Å². The summed E-state index contributed by atoms with van der Waals surface area (Å²) in [7, 11) is 0. The molecule has 7 heteroatoms. The first kappa shape index (κ1) is 14.2. The van der Waals surface area contributed by atoms with Crippen molar-refractivity contribution >= 4 is 27.3 Å². The average Bonchev–Trinajstić information content (AvgIpc) is 2.85. The quantitative estimate of drug-likeness (QED) is 0.664. The Morgan fingerprint density at radius 2 is 2.42 bits per heavy atom. The minimum Gasteiger partial charge on any atom is -0.378 e. The molecule has 19 heavy (non-hydrogen) atoms.